The van der Waals surface area contributed by atoms with Crippen LogP contribution in [0.25, 0.3) is 0 Å². The van der Waals surface area contributed by atoms with E-state index in [0.29, 0.717) is 23.7 Å². The number of rotatable bonds is 2. The van der Waals surface area contributed by atoms with Gasteiger partial charge in [-0.05, 0) is 104 Å². The Labute approximate surface area is 219 Å². The maximum Gasteiger partial charge on any atom is 0.310 e. The zero-order valence-electron chi connectivity index (χ0n) is 24.1. The molecule has 0 spiro atoms. The van der Waals surface area contributed by atoms with Gasteiger partial charge in [0.1, 0.15) is 6.10 Å². The highest BCUT2D eigenvalue weighted by Crippen LogP contribution is 2.75. The van der Waals surface area contributed by atoms with Crippen molar-refractivity contribution in [3.8, 4) is 0 Å². The molecule has 5 rings (SSSR count). The maximum atomic E-state index is 12.9. The topological polar surface area (TPSA) is 63.6 Å². The molecule has 0 aromatic carbocycles. The molecule has 0 radical (unpaired) electrons. The first-order valence-electron chi connectivity index (χ1n) is 14.8. The van der Waals surface area contributed by atoms with Crippen LogP contribution in [0.1, 0.15) is 113 Å². The summed E-state index contributed by atoms with van der Waals surface area (Å²) in [5, 5.41) is 10.6. The number of ether oxygens (including phenoxy) is 1. The highest BCUT2D eigenvalue weighted by atomic mass is 16.5. The number of allylic oxidation sites excluding steroid dienone is 2. The number of fused-ring (bicyclic) bond motifs is 7. The number of aliphatic carboxylic acids is 1. The lowest BCUT2D eigenvalue weighted by atomic mass is 9.33. The molecule has 5 aliphatic carbocycles. The number of esters is 1. The average Bonchev–Trinajstić information content (AvgIpc) is 2.78. The van der Waals surface area contributed by atoms with Crippen molar-refractivity contribution >= 4 is 11.9 Å². The molecule has 0 heterocycles. The third-order valence-corrected chi connectivity index (χ3v) is 13.7. The fourth-order valence-electron chi connectivity index (χ4n) is 11.2. The molecular weight excluding hydrogens is 448 g/mol. The van der Waals surface area contributed by atoms with E-state index in [4.69, 9.17) is 4.74 Å². The Bertz CT molecular complexity index is 981. The van der Waals surface area contributed by atoms with Crippen molar-refractivity contribution in [2.45, 2.75) is 119 Å². The monoisotopic (exact) mass is 498 g/mol. The number of carbonyl (C=O) groups is 2. The molecule has 0 aromatic heterocycles. The quantitative estimate of drug-likeness (QED) is 0.313. The Morgan fingerprint density at radius 3 is 2.25 bits per heavy atom. The van der Waals surface area contributed by atoms with Gasteiger partial charge in [0, 0.05) is 12.3 Å². The minimum Gasteiger partial charge on any atom is -0.481 e. The Kier molecular flexibility index (Phi) is 5.91. The summed E-state index contributed by atoms with van der Waals surface area (Å²) in [5.41, 5.74) is 1.30. The van der Waals surface area contributed by atoms with E-state index < -0.39 is 11.4 Å². The van der Waals surface area contributed by atoms with E-state index in [1.54, 1.807) is 6.92 Å². The lowest BCUT2D eigenvalue weighted by Crippen LogP contribution is -2.65. The van der Waals surface area contributed by atoms with Crippen molar-refractivity contribution in [1.29, 1.82) is 0 Å². The third kappa shape index (κ3) is 3.17. The number of carboxylic acids is 1. The SMILES string of the molecule is CC(=O)OC1CC[C@@]2(C)C(CC[C@]3(C)[C@@H]2CC=C2[C@@H]4C(C)C(C)CC[C@]4(C(=O)O)CC[C@]23C)C1(C)C. The summed E-state index contributed by atoms with van der Waals surface area (Å²) >= 11 is 0. The van der Waals surface area contributed by atoms with Crippen LogP contribution in [0.5, 0.6) is 0 Å². The van der Waals surface area contributed by atoms with Crippen molar-refractivity contribution in [2.75, 3.05) is 0 Å². The molecule has 0 aliphatic heterocycles. The summed E-state index contributed by atoms with van der Waals surface area (Å²) in [5.74, 6) is 1.53. The van der Waals surface area contributed by atoms with Crippen LogP contribution < -0.4 is 0 Å². The smallest absolute Gasteiger partial charge is 0.310 e. The van der Waals surface area contributed by atoms with E-state index in [-0.39, 0.29) is 39.7 Å². The standard InChI is InChI=1S/C32H50O4/c1-19-11-16-32(27(34)35)18-17-30(7)22(26(32)20(19)2)9-10-24-29(6)14-13-25(36-21(3)33)28(4,5)23(29)12-15-31(24,30)8/h9,19-20,23-26H,10-18H2,1-8H3,(H,34,35)/t19?,20?,23?,24-,25?,26+,29+,30-,31-,32+/m1/s1. The predicted octanol–water partition coefficient (Wildman–Crippen LogP) is 7.66. The average molecular weight is 499 g/mol. The van der Waals surface area contributed by atoms with Crippen LogP contribution in [0, 0.1) is 56.7 Å². The molecule has 1 N–H and O–H groups in total. The second-order valence-electron chi connectivity index (χ2n) is 15.1. The molecule has 202 valence electrons. The van der Waals surface area contributed by atoms with Gasteiger partial charge in [0.2, 0.25) is 0 Å². The van der Waals surface area contributed by atoms with Gasteiger partial charge in [0.15, 0.2) is 0 Å². The van der Waals surface area contributed by atoms with Crippen LogP contribution >= 0.6 is 0 Å². The summed E-state index contributed by atoms with van der Waals surface area (Å²) < 4.78 is 5.88. The molecule has 0 amide bonds. The molecule has 36 heavy (non-hydrogen) atoms. The number of hydrogen-bond acceptors (Lipinski definition) is 3. The normalized spacial score (nSPS) is 51.5. The van der Waals surface area contributed by atoms with Crippen LogP contribution in [0.15, 0.2) is 11.6 Å². The number of carboxylic acid groups (broad SMARTS) is 1. The summed E-state index contributed by atoms with van der Waals surface area (Å²) in [6.45, 7) is 18.5. The molecular formula is C32H50O4. The second kappa shape index (κ2) is 8.09. The van der Waals surface area contributed by atoms with Crippen LogP contribution in [-0.4, -0.2) is 23.1 Å². The molecule has 4 nitrogen and oxygen atoms in total. The zero-order valence-corrected chi connectivity index (χ0v) is 24.1. The van der Waals surface area contributed by atoms with Crippen LogP contribution in [0.4, 0.5) is 0 Å². The van der Waals surface area contributed by atoms with Gasteiger partial charge >= 0.3 is 11.9 Å². The van der Waals surface area contributed by atoms with Gasteiger partial charge in [-0.1, -0.05) is 60.1 Å². The minimum atomic E-state index is -0.578. The first kappa shape index (κ1) is 26.3. The maximum absolute atomic E-state index is 12.9. The molecule has 10 atom stereocenters. The number of hydrogen-bond donors (Lipinski definition) is 1. The van der Waals surface area contributed by atoms with Gasteiger partial charge < -0.3 is 9.84 Å². The molecule has 4 fully saturated rings. The predicted molar refractivity (Wildman–Crippen MR) is 142 cm³/mol. The van der Waals surface area contributed by atoms with Crippen LogP contribution in [0.3, 0.4) is 0 Å². The molecule has 4 unspecified atom stereocenters. The van der Waals surface area contributed by atoms with Crippen LogP contribution in [0.2, 0.25) is 0 Å². The van der Waals surface area contributed by atoms with E-state index in [1.165, 1.54) is 12.0 Å². The molecule has 4 saturated carbocycles. The summed E-state index contributed by atoms with van der Waals surface area (Å²) in [4.78, 5) is 24.7. The largest absolute Gasteiger partial charge is 0.481 e. The van der Waals surface area contributed by atoms with Crippen molar-refractivity contribution in [2.24, 2.45) is 56.7 Å². The summed E-state index contributed by atoms with van der Waals surface area (Å²) in [7, 11) is 0. The summed E-state index contributed by atoms with van der Waals surface area (Å²) in [6.07, 6.45) is 11.7. The van der Waals surface area contributed by atoms with Gasteiger partial charge in [-0.15, -0.1) is 0 Å². The van der Waals surface area contributed by atoms with Crippen molar-refractivity contribution in [3.05, 3.63) is 11.6 Å². The lowest BCUT2D eigenvalue weighted by molar-refractivity contribution is -0.214. The molecule has 4 heteroatoms. The second-order valence-corrected chi connectivity index (χ2v) is 15.1. The Morgan fingerprint density at radius 2 is 1.61 bits per heavy atom. The fraction of sp³-hybridized carbons (Fsp3) is 0.875. The van der Waals surface area contributed by atoms with Gasteiger partial charge in [0.25, 0.3) is 0 Å². The highest BCUT2D eigenvalue weighted by molar-refractivity contribution is 5.76. The number of carbonyl (C=O) groups excluding carboxylic acids is 1. The molecule has 0 aromatic rings. The van der Waals surface area contributed by atoms with Crippen LogP contribution in [-0.2, 0) is 14.3 Å². The highest BCUT2D eigenvalue weighted by Gasteiger charge is 2.69. The van der Waals surface area contributed by atoms with E-state index in [9.17, 15) is 14.7 Å². The Morgan fingerprint density at radius 1 is 0.917 bits per heavy atom. The van der Waals surface area contributed by atoms with E-state index in [0.717, 1.165) is 51.4 Å². The molecule has 0 bridgehead atoms. The Balaban J connectivity index is 1.56. The van der Waals surface area contributed by atoms with Gasteiger partial charge in [-0.3, -0.25) is 9.59 Å². The first-order valence-corrected chi connectivity index (χ1v) is 14.8. The van der Waals surface area contributed by atoms with Gasteiger partial charge in [-0.25, -0.2) is 0 Å². The Hall–Kier alpha value is -1.32. The molecule has 0 saturated heterocycles. The first-order chi connectivity index (χ1) is 16.6. The minimum absolute atomic E-state index is 0.00171. The third-order valence-electron chi connectivity index (χ3n) is 13.7. The van der Waals surface area contributed by atoms with Crippen molar-refractivity contribution in [1.82, 2.24) is 0 Å². The van der Waals surface area contributed by atoms with Crippen molar-refractivity contribution in [3.63, 3.8) is 0 Å². The van der Waals surface area contributed by atoms with E-state index >= 15 is 0 Å². The van der Waals surface area contributed by atoms with E-state index in [2.05, 4.69) is 54.5 Å². The van der Waals surface area contributed by atoms with E-state index in [1.807, 2.05) is 0 Å². The van der Waals surface area contributed by atoms with Crippen molar-refractivity contribution < 1.29 is 19.4 Å². The van der Waals surface area contributed by atoms with Gasteiger partial charge in [-0.2, -0.15) is 0 Å². The summed E-state index contributed by atoms with van der Waals surface area (Å²) in [6, 6.07) is 0. The zero-order chi connectivity index (χ0) is 26.5. The fourth-order valence-corrected chi connectivity index (χ4v) is 11.2. The molecule has 5 aliphatic rings. The lowest BCUT2D eigenvalue weighted by Gasteiger charge is -2.71. The van der Waals surface area contributed by atoms with Gasteiger partial charge in [0.05, 0.1) is 5.41 Å².